The molecule has 0 saturated heterocycles. The number of hydrogen-bond acceptors (Lipinski definition) is 5. The van der Waals surface area contributed by atoms with Gasteiger partial charge in [0, 0.05) is 35.1 Å². The van der Waals surface area contributed by atoms with Gasteiger partial charge in [-0.1, -0.05) is 195 Å². The smallest absolute Gasteiger partial charge is 0.182 e. The summed E-state index contributed by atoms with van der Waals surface area (Å²) in [4.78, 5) is 27.0. The molecule has 0 amide bonds. The van der Waals surface area contributed by atoms with Crippen molar-refractivity contribution < 1.29 is 0 Å². The fourth-order valence-corrected chi connectivity index (χ4v) is 8.82. The minimum absolute atomic E-state index is 0.0687. The zero-order chi connectivity index (χ0) is 41.7. The first-order valence-electron chi connectivity index (χ1n) is 21.5. The van der Waals surface area contributed by atoms with Crippen molar-refractivity contribution >= 4 is 22.6 Å². The van der Waals surface area contributed by atoms with Crippen molar-refractivity contribution in [1.82, 2.24) is 19.9 Å². The molecule has 2 aliphatic rings. The van der Waals surface area contributed by atoms with Crippen LogP contribution in [0.25, 0.3) is 50.7 Å². The first kappa shape index (κ1) is 38.6. The highest BCUT2D eigenvalue weighted by atomic mass is 15.1. The molecule has 1 aliphatic carbocycles. The van der Waals surface area contributed by atoms with Gasteiger partial charge in [0.25, 0.3) is 0 Å². The molecular weight excluding hydrogens is 755 g/mol. The molecule has 0 radical (unpaired) electrons. The lowest BCUT2D eigenvalue weighted by molar-refractivity contribution is 0.573. The Morgan fingerprint density at radius 3 is 1.60 bits per heavy atom. The molecule has 8 aromatic rings. The van der Waals surface area contributed by atoms with E-state index in [1.165, 1.54) is 11.1 Å². The summed E-state index contributed by atoms with van der Waals surface area (Å²) in [5.41, 5.74) is 13.3. The molecule has 5 heteroatoms. The van der Waals surface area contributed by atoms with Crippen LogP contribution in [0.2, 0.25) is 0 Å². The van der Waals surface area contributed by atoms with E-state index in [-0.39, 0.29) is 17.8 Å². The highest BCUT2D eigenvalue weighted by Gasteiger charge is 2.32. The zero-order valence-electron chi connectivity index (χ0n) is 34.6. The maximum atomic E-state index is 5.46. The number of aliphatic imine (C=N–C) groups is 1. The van der Waals surface area contributed by atoms with Crippen molar-refractivity contribution in [2.24, 2.45) is 10.9 Å². The third-order valence-electron chi connectivity index (χ3n) is 12.0. The Balaban J connectivity index is 1.22. The van der Waals surface area contributed by atoms with E-state index < -0.39 is 0 Å². The van der Waals surface area contributed by atoms with Crippen molar-refractivity contribution in [1.29, 1.82) is 0 Å². The average Bonchev–Trinajstić information content (AvgIpc) is 3.37. The van der Waals surface area contributed by atoms with Crippen molar-refractivity contribution in [3.05, 3.63) is 246 Å². The first-order chi connectivity index (χ1) is 30.7. The maximum Gasteiger partial charge on any atom is 0.182 e. The monoisotopic (exact) mass is 799 g/mol. The first-order valence-corrected chi connectivity index (χ1v) is 21.5. The van der Waals surface area contributed by atoms with Crippen LogP contribution in [0, 0.1) is 5.92 Å². The van der Waals surface area contributed by atoms with Crippen LogP contribution in [0.1, 0.15) is 65.5 Å². The van der Waals surface area contributed by atoms with Gasteiger partial charge < -0.3 is 0 Å². The largest absolute Gasteiger partial charge is 0.249 e. The summed E-state index contributed by atoms with van der Waals surface area (Å²) in [5, 5.41) is 0. The number of allylic oxidation sites excluding steroid dienone is 5. The van der Waals surface area contributed by atoms with E-state index >= 15 is 0 Å². The molecule has 6 aromatic carbocycles. The fraction of sp³-hybridized carbons (Fsp3) is 0.105. The third-order valence-corrected chi connectivity index (χ3v) is 12.0. The van der Waals surface area contributed by atoms with Gasteiger partial charge in [-0.2, -0.15) is 0 Å². The minimum Gasteiger partial charge on any atom is -0.249 e. The second kappa shape index (κ2) is 17.5. The lowest BCUT2D eigenvalue weighted by atomic mass is 9.73. The van der Waals surface area contributed by atoms with E-state index in [0.29, 0.717) is 23.2 Å². The summed E-state index contributed by atoms with van der Waals surface area (Å²) in [6, 6.07) is 67.6. The van der Waals surface area contributed by atoms with Crippen molar-refractivity contribution in [2.75, 3.05) is 0 Å². The third kappa shape index (κ3) is 8.13. The summed E-state index contributed by atoms with van der Waals surface area (Å²) >= 11 is 0. The minimum atomic E-state index is 0.0687. The standard InChI is InChI=1S/C57H45N5/c1-2-48-49(42-27-15-6-16-28-42)33-45(39-21-9-3-10-22-39)34-50(48)55-60-56(53-37-46(40-23-11-4-12-24-40)35-51(58-53)43-29-17-7-18-30-43)62-57(61-55)54-38-47(41-25-13-5-14-26-41)36-52(59-54)44-31-19-8-20-32-44/h3-35,37-38,47-49H,2,36H2,1H3. The molecule has 0 N–H and O–H groups in total. The fourth-order valence-electron chi connectivity index (χ4n) is 8.82. The van der Waals surface area contributed by atoms with Crippen LogP contribution in [0.4, 0.5) is 0 Å². The molecule has 62 heavy (non-hydrogen) atoms. The molecule has 3 heterocycles. The highest BCUT2D eigenvalue weighted by molar-refractivity contribution is 6.05. The van der Waals surface area contributed by atoms with Crippen LogP contribution in [0.3, 0.4) is 0 Å². The molecule has 5 nitrogen and oxygen atoms in total. The summed E-state index contributed by atoms with van der Waals surface area (Å²) in [5.74, 6) is 1.92. The van der Waals surface area contributed by atoms with Gasteiger partial charge in [0.2, 0.25) is 0 Å². The number of rotatable bonds is 10. The Kier molecular flexibility index (Phi) is 10.9. The van der Waals surface area contributed by atoms with Gasteiger partial charge in [0.05, 0.1) is 5.69 Å². The van der Waals surface area contributed by atoms with Gasteiger partial charge in [-0.3, -0.25) is 0 Å². The lowest BCUT2D eigenvalue weighted by Gasteiger charge is -2.31. The highest BCUT2D eigenvalue weighted by Crippen LogP contribution is 2.45. The topological polar surface area (TPSA) is 63.9 Å². The number of nitrogens with zero attached hydrogens (tertiary/aromatic N) is 5. The van der Waals surface area contributed by atoms with E-state index in [1.807, 2.05) is 30.3 Å². The van der Waals surface area contributed by atoms with Crippen LogP contribution in [-0.4, -0.2) is 25.6 Å². The quantitative estimate of drug-likeness (QED) is 0.138. The number of aromatic nitrogens is 4. The van der Waals surface area contributed by atoms with Crippen molar-refractivity contribution in [3.8, 4) is 33.9 Å². The normalized spacial score (nSPS) is 17.3. The zero-order valence-corrected chi connectivity index (χ0v) is 34.6. The van der Waals surface area contributed by atoms with Gasteiger partial charge in [-0.15, -0.1) is 0 Å². The molecular formula is C57H45N5. The summed E-state index contributed by atoms with van der Waals surface area (Å²) in [6.07, 6.45) is 8.61. The molecule has 1 aliphatic heterocycles. The Labute approximate surface area is 363 Å². The van der Waals surface area contributed by atoms with Crippen LogP contribution >= 0.6 is 0 Å². The Bertz CT molecular complexity index is 2880. The number of hydrogen-bond donors (Lipinski definition) is 0. The van der Waals surface area contributed by atoms with Crippen LogP contribution < -0.4 is 0 Å². The van der Waals surface area contributed by atoms with E-state index in [0.717, 1.165) is 68.9 Å². The molecule has 3 unspecified atom stereocenters. The SMILES string of the molecule is CCC1C(c2nc(C3=CC(c4ccccc4)CC(c4ccccc4)=N3)nc(-c3cc(-c4ccccc4)cc(-c4ccccc4)n3)n2)=CC(c2ccccc2)=CC1c1ccccc1. The summed E-state index contributed by atoms with van der Waals surface area (Å²) in [6.45, 7) is 2.26. The molecule has 298 valence electrons. The van der Waals surface area contributed by atoms with E-state index in [4.69, 9.17) is 24.9 Å². The molecule has 10 rings (SSSR count). The Morgan fingerprint density at radius 1 is 0.452 bits per heavy atom. The van der Waals surface area contributed by atoms with E-state index in [2.05, 4.69) is 189 Å². The maximum absolute atomic E-state index is 5.46. The molecule has 0 spiro atoms. The summed E-state index contributed by atoms with van der Waals surface area (Å²) < 4.78 is 0. The van der Waals surface area contributed by atoms with E-state index in [9.17, 15) is 0 Å². The molecule has 2 aromatic heterocycles. The predicted molar refractivity (Wildman–Crippen MR) is 254 cm³/mol. The molecule has 0 fully saturated rings. The Morgan fingerprint density at radius 2 is 0.968 bits per heavy atom. The Hall–Kier alpha value is -7.63. The molecule has 0 saturated carbocycles. The number of benzene rings is 6. The lowest BCUT2D eigenvalue weighted by Crippen LogP contribution is -2.19. The number of pyridine rings is 1. The predicted octanol–water partition coefficient (Wildman–Crippen LogP) is 13.6. The van der Waals surface area contributed by atoms with Gasteiger partial charge in [-0.25, -0.2) is 24.9 Å². The van der Waals surface area contributed by atoms with Gasteiger partial charge in [-0.05, 0) is 75.6 Å². The van der Waals surface area contributed by atoms with Crippen LogP contribution in [0.15, 0.2) is 217 Å². The second-order valence-electron chi connectivity index (χ2n) is 15.9. The summed E-state index contributed by atoms with van der Waals surface area (Å²) in [7, 11) is 0. The van der Waals surface area contributed by atoms with Gasteiger partial charge >= 0.3 is 0 Å². The van der Waals surface area contributed by atoms with Crippen molar-refractivity contribution in [2.45, 2.75) is 31.6 Å². The molecule has 3 atom stereocenters. The second-order valence-corrected chi connectivity index (χ2v) is 15.9. The average molecular weight is 800 g/mol. The van der Waals surface area contributed by atoms with Gasteiger partial charge in [0.1, 0.15) is 11.4 Å². The molecule has 0 bridgehead atoms. The van der Waals surface area contributed by atoms with E-state index in [1.54, 1.807) is 0 Å². The van der Waals surface area contributed by atoms with Crippen LogP contribution in [0.5, 0.6) is 0 Å². The van der Waals surface area contributed by atoms with Gasteiger partial charge in [0.15, 0.2) is 17.5 Å². The van der Waals surface area contributed by atoms with Crippen molar-refractivity contribution in [3.63, 3.8) is 0 Å². The van der Waals surface area contributed by atoms with Crippen LogP contribution in [-0.2, 0) is 0 Å².